The maximum atomic E-state index is 12.1. The number of nitrogens with one attached hydrogen (secondary N) is 1. The van der Waals surface area contributed by atoms with E-state index in [1.807, 2.05) is 6.92 Å². The quantitative estimate of drug-likeness (QED) is 0.796. The molecule has 0 bridgehead atoms. The van der Waals surface area contributed by atoms with Crippen LogP contribution in [0.1, 0.15) is 25.3 Å². The molecule has 0 unspecified atom stereocenters. The van der Waals surface area contributed by atoms with Crippen molar-refractivity contribution in [2.45, 2.75) is 32.2 Å². The van der Waals surface area contributed by atoms with Gasteiger partial charge >= 0.3 is 0 Å². The van der Waals surface area contributed by atoms with E-state index < -0.39 is 6.04 Å². The van der Waals surface area contributed by atoms with Gasteiger partial charge in [-0.3, -0.25) is 9.59 Å². The molecule has 0 spiro atoms. The molecule has 2 amide bonds. The molecule has 22 heavy (non-hydrogen) atoms. The number of ether oxygens (including phenoxy) is 1. The molecule has 0 aliphatic carbocycles. The zero-order valence-electron chi connectivity index (χ0n) is 13.5. The molecule has 0 saturated carbocycles. The third-order valence-corrected chi connectivity index (χ3v) is 3.55. The van der Waals surface area contributed by atoms with Crippen LogP contribution in [-0.2, 0) is 16.0 Å². The number of amides is 2. The molecule has 1 rings (SSSR count). The molecule has 0 fully saturated rings. The van der Waals surface area contributed by atoms with Crippen LogP contribution in [0.3, 0.4) is 0 Å². The molecule has 122 valence electrons. The lowest BCUT2D eigenvalue weighted by Crippen LogP contribution is -2.48. The average Bonchev–Trinajstić information content (AvgIpc) is 2.51. The Hall–Kier alpha value is -2.24. The van der Waals surface area contributed by atoms with Gasteiger partial charge in [-0.05, 0) is 24.1 Å². The normalized spacial score (nSPS) is 11.6. The molecule has 0 heterocycles. The van der Waals surface area contributed by atoms with Gasteiger partial charge in [0.15, 0.2) is 11.5 Å². The average molecular weight is 308 g/mol. The highest BCUT2D eigenvalue weighted by molar-refractivity contribution is 5.87. The number of aromatic hydroxyl groups is 1. The van der Waals surface area contributed by atoms with Crippen LogP contribution in [-0.4, -0.2) is 49.1 Å². The second-order valence-electron chi connectivity index (χ2n) is 5.10. The van der Waals surface area contributed by atoms with E-state index in [2.05, 4.69) is 5.32 Å². The number of hydrogen-bond acceptors (Lipinski definition) is 4. The van der Waals surface area contributed by atoms with Gasteiger partial charge in [0, 0.05) is 26.9 Å². The van der Waals surface area contributed by atoms with E-state index in [0.717, 1.165) is 12.0 Å². The Morgan fingerprint density at radius 3 is 2.59 bits per heavy atom. The Morgan fingerprint density at radius 2 is 2.09 bits per heavy atom. The second-order valence-corrected chi connectivity index (χ2v) is 5.10. The van der Waals surface area contributed by atoms with Crippen LogP contribution < -0.4 is 10.1 Å². The molecule has 6 nitrogen and oxygen atoms in total. The molecular weight excluding hydrogens is 284 g/mol. The summed E-state index contributed by atoms with van der Waals surface area (Å²) >= 11 is 0. The van der Waals surface area contributed by atoms with Crippen molar-refractivity contribution in [1.29, 1.82) is 0 Å². The highest BCUT2D eigenvalue weighted by Gasteiger charge is 2.26. The highest BCUT2D eigenvalue weighted by atomic mass is 16.5. The molecule has 0 aliphatic rings. The minimum absolute atomic E-state index is 0.0122. The molecule has 1 atom stereocenters. The Morgan fingerprint density at radius 1 is 1.41 bits per heavy atom. The van der Waals surface area contributed by atoms with Crippen molar-refractivity contribution < 1.29 is 19.4 Å². The lowest BCUT2D eigenvalue weighted by atomic mass is 10.0. The summed E-state index contributed by atoms with van der Waals surface area (Å²) in [6.45, 7) is 1.92. The van der Waals surface area contributed by atoms with Gasteiger partial charge in [-0.2, -0.15) is 0 Å². The number of benzene rings is 1. The first-order valence-electron chi connectivity index (χ1n) is 7.27. The largest absolute Gasteiger partial charge is 0.504 e. The topological polar surface area (TPSA) is 78.9 Å². The fourth-order valence-corrected chi connectivity index (χ4v) is 2.22. The van der Waals surface area contributed by atoms with Crippen molar-refractivity contribution >= 4 is 11.8 Å². The molecule has 2 N–H and O–H groups in total. The summed E-state index contributed by atoms with van der Waals surface area (Å²) in [7, 11) is 4.64. The molecule has 1 aromatic carbocycles. The minimum atomic E-state index is -0.614. The standard InChI is InChI=1S/C16H24N2O4/c1-5-6-15(20)18(3)12(16(21)17-2)9-11-7-8-14(22-4)13(19)10-11/h7-8,10,12,19H,5-6,9H2,1-4H3,(H,17,21)/t12-/m0/s1. The lowest BCUT2D eigenvalue weighted by molar-refractivity contribution is -0.138. The van der Waals surface area contributed by atoms with E-state index in [9.17, 15) is 14.7 Å². The van der Waals surface area contributed by atoms with Crippen LogP contribution in [0.2, 0.25) is 0 Å². The van der Waals surface area contributed by atoms with Gasteiger partial charge in [0.1, 0.15) is 6.04 Å². The third kappa shape index (κ3) is 4.38. The molecule has 1 aromatic rings. The Balaban J connectivity index is 2.96. The molecule has 0 saturated heterocycles. The van der Waals surface area contributed by atoms with E-state index in [0.29, 0.717) is 18.6 Å². The van der Waals surface area contributed by atoms with Crippen LogP contribution in [0.15, 0.2) is 18.2 Å². The first-order valence-corrected chi connectivity index (χ1v) is 7.27. The highest BCUT2D eigenvalue weighted by Crippen LogP contribution is 2.27. The number of phenolic OH excluding ortho intramolecular Hbond substituents is 1. The third-order valence-electron chi connectivity index (χ3n) is 3.55. The van der Waals surface area contributed by atoms with Crippen molar-refractivity contribution in [3.63, 3.8) is 0 Å². The van der Waals surface area contributed by atoms with Gasteiger partial charge in [-0.15, -0.1) is 0 Å². The molecule has 0 aromatic heterocycles. The number of nitrogens with zero attached hydrogens (tertiary/aromatic N) is 1. The van der Waals surface area contributed by atoms with Crippen LogP contribution in [0.25, 0.3) is 0 Å². The lowest BCUT2D eigenvalue weighted by Gasteiger charge is -2.27. The Labute approximate surface area is 131 Å². The van der Waals surface area contributed by atoms with Crippen LogP contribution >= 0.6 is 0 Å². The maximum Gasteiger partial charge on any atom is 0.242 e. The van der Waals surface area contributed by atoms with E-state index in [1.54, 1.807) is 32.3 Å². The zero-order valence-corrected chi connectivity index (χ0v) is 13.5. The van der Waals surface area contributed by atoms with E-state index in [4.69, 9.17) is 4.74 Å². The predicted molar refractivity (Wildman–Crippen MR) is 83.9 cm³/mol. The van der Waals surface area contributed by atoms with Gasteiger partial charge in [-0.25, -0.2) is 0 Å². The fraction of sp³-hybridized carbons (Fsp3) is 0.500. The summed E-state index contributed by atoms with van der Waals surface area (Å²) in [4.78, 5) is 25.6. The summed E-state index contributed by atoms with van der Waals surface area (Å²) in [5.74, 6) is 0.0740. The van der Waals surface area contributed by atoms with Crippen molar-refractivity contribution in [2.24, 2.45) is 0 Å². The molecule has 0 radical (unpaired) electrons. The van der Waals surface area contributed by atoms with Gasteiger partial charge in [-0.1, -0.05) is 13.0 Å². The number of rotatable bonds is 7. The molecular formula is C16H24N2O4. The second kappa shape index (κ2) is 8.26. The Kier molecular flexibility index (Phi) is 6.69. The van der Waals surface area contributed by atoms with Crippen LogP contribution in [0.5, 0.6) is 11.5 Å². The minimum Gasteiger partial charge on any atom is -0.504 e. The van der Waals surface area contributed by atoms with Gasteiger partial charge in [0.05, 0.1) is 7.11 Å². The summed E-state index contributed by atoms with van der Waals surface area (Å²) < 4.78 is 5.00. The van der Waals surface area contributed by atoms with Gasteiger partial charge in [0.2, 0.25) is 11.8 Å². The number of carbonyl (C=O) groups excluding carboxylic acids is 2. The predicted octanol–water partition coefficient (Wildman–Crippen LogP) is 1.32. The van der Waals surface area contributed by atoms with E-state index in [-0.39, 0.29) is 17.6 Å². The number of carbonyl (C=O) groups is 2. The summed E-state index contributed by atoms with van der Waals surface area (Å²) in [5.41, 5.74) is 0.753. The number of phenols is 1. The number of hydrogen-bond donors (Lipinski definition) is 2. The van der Waals surface area contributed by atoms with Crippen molar-refractivity contribution in [3.8, 4) is 11.5 Å². The van der Waals surface area contributed by atoms with Crippen molar-refractivity contribution in [3.05, 3.63) is 23.8 Å². The summed E-state index contributed by atoms with van der Waals surface area (Å²) in [6.07, 6.45) is 1.45. The Bertz CT molecular complexity index is 531. The number of likely N-dealkylation sites (N-methyl/N-ethyl adjacent to an activating group) is 2. The van der Waals surface area contributed by atoms with Crippen LogP contribution in [0, 0.1) is 0 Å². The van der Waals surface area contributed by atoms with Gasteiger partial charge < -0.3 is 20.1 Å². The first kappa shape index (κ1) is 17.8. The molecule has 0 aliphatic heterocycles. The fourth-order valence-electron chi connectivity index (χ4n) is 2.22. The van der Waals surface area contributed by atoms with Crippen molar-refractivity contribution in [2.75, 3.05) is 21.2 Å². The van der Waals surface area contributed by atoms with E-state index in [1.165, 1.54) is 12.0 Å². The zero-order chi connectivity index (χ0) is 16.7. The SMILES string of the molecule is CCCC(=O)N(C)[C@@H](Cc1ccc(OC)c(O)c1)C(=O)NC. The summed E-state index contributed by atoms with van der Waals surface area (Å²) in [6, 6.07) is 4.34. The van der Waals surface area contributed by atoms with Crippen LogP contribution in [0.4, 0.5) is 0 Å². The molecule has 6 heteroatoms. The summed E-state index contributed by atoms with van der Waals surface area (Å²) in [5, 5.41) is 12.4. The van der Waals surface area contributed by atoms with Crippen molar-refractivity contribution in [1.82, 2.24) is 10.2 Å². The first-order chi connectivity index (χ1) is 10.4. The van der Waals surface area contributed by atoms with Gasteiger partial charge in [0.25, 0.3) is 0 Å². The van der Waals surface area contributed by atoms with E-state index >= 15 is 0 Å². The maximum absolute atomic E-state index is 12.1. The smallest absolute Gasteiger partial charge is 0.242 e. The monoisotopic (exact) mass is 308 g/mol. The number of methoxy groups -OCH3 is 1.